The van der Waals surface area contributed by atoms with E-state index in [-0.39, 0.29) is 0 Å². The number of fused-ring (bicyclic) bond motifs is 1. The van der Waals surface area contributed by atoms with Crippen molar-refractivity contribution in [1.29, 1.82) is 0 Å². The van der Waals surface area contributed by atoms with Crippen LogP contribution in [-0.2, 0) is 4.74 Å². The fourth-order valence-electron chi connectivity index (χ4n) is 2.50. The second-order valence-electron chi connectivity index (χ2n) is 5.18. The van der Waals surface area contributed by atoms with E-state index in [2.05, 4.69) is 46.9 Å². The first-order chi connectivity index (χ1) is 8.75. The Labute approximate surface area is 107 Å². The average molecular weight is 245 g/mol. The number of H-pyrrole nitrogens is 1. The summed E-state index contributed by atoms with van der Waals surface area (Å²) in [7, 11) is 0. The van der Waals surface area contributed by atoms with Crippen LogP contribution in [0.1, 0.15) is 13.8 Å². The molecule has 0 radical (unpaired) electrons. The molecule has 1 aliphatic rings. The molecule has 0 amide bonds. The van der Waals surface area contributed by atoms with E-state index in [1.165, 1.54) is 5.69 Å². The third-order valence-corrected chi connectivity index (χ3v) is 3.61. The summed E-state index contributed by atoms with van der Waals surface area (Å²) >= 11 is 0. The molecule has 1 N–H and O–H groups in total. The van der Waals surface area contributed by atoms with E-state index in [0.717, 1.165) is 30.7 Å². The van der Waals surface area contributed by atoms with Crippen LogP contribution in [0.4, 0.5) is 5.69 Å². The number of ether oxygens (including phenoxy) is 1. The molecular weight excluding hydrogens is 226 g/mol. The van der Waals surface area contributed by atoms with Gasteiger partial charge in [-0.2, -0.15) is 0 Å². The molecule has 2 heterocycles. The van der Waals surface area contributed by atoms with Gasteiger partial charge in [-0.3, -0.25) is 0 Å². The van der Waals surface area contributed by atoms with Crippen molar-refractivity contribution >= 4 is 16.7 Å². The average Bonchev–Trinajstić information content (AvgIpc) is 2.87. The molecule has 2 aromatic rings. The highest BCUT2D eigenvalue weighted by atomic mass is 16.5. The van der Waals surface area contributed by atoms with Crippen molar-refractivity contribution in [1.82, 2.24) is 9.97 Å². The first-order valence-corrected chi connectivity index (χ1v) is 6.54. The molecule has 1 unspecified atom stereocenters. The molecular formula is C14H19N3O. The van der Waals surface area contributed by atoms with E-state index in [1.807, 2.05) is 0 Å². The van der Waals surface area contributed by atoms with Crippen molar-refractivity contribution in [3.8, 4) is 0 Å². The van der Waals surface area contributed by atoms with Gasteiger partial charge >= 0.3 is 0 Å². The Kier molecular flexibility index (Phi) is 2.96. The second-order valence-corrected chi connectivity index (χ2v) is 5.18. The van der Waals surface area contributed by atoms with Crippen LogP contribution in [0.5, 0.6) is 0 Å². The van der Waals surface area contributed by atoms with Crippen molar-refractivity contribution in [2.24, 2.45) is 5.92 Å². The van der Waals surface area contributed by atoms with Crippen LogP contribution in [-0.4, -0.2) is 35.8 Å². The molecule has 0 aliphatic carbocycles. The molecule has 1 saturated heterocycles. The minimum Gasteiger partial charge on any atom is -0.374 e. The van der Waals surface area contributed by atoms with Gasteiger partial charge in [-0.15, -0.1) is 0 Å². The number of rotatable bonds is 2. The fraction of sp³-hybridized carbons (Fsp3) is 0.500. The molecule has 1 atom stereocenters. The normalized spacial score (nSPS) is 20.8. The molecule has 0 spiro atoms. The van der Waals surface area contributed by atoms with E-state index in [9.17, 15) is 0 Å². The summed E-state index contributed by atoms with van der Waals surface area (Å²) in [6, 6.07) is 6.29. The molecule has 1 aliphatic heterocycles. The van der Waals surface area contributed by atoms with Crippen LogP contribution in [0, 0.1) is 5.92 Å². The van der Waals surface area contributed by atoms with E-state index < -0.39 is 0 Å². The minimum atomic E-state index is 0.313. The number of aromatic nitrogens is 2. The van der Waals surface area contributed by atoms with Gasteiger partial charge in [-0.25, -0.2) is 4.98 Å². The maximum absolute atomic E-state index is 5.81. The standard InChI is InChI=1S/C14H19N3O/c1-10(2)13-8-17(6-7-18-13)12-5-3-4-11-14(12)16-9-15-11/h3-5,9-10,13H,6-8H2,1-2H3,(H,15,16). The van der Waals surface area contributed by atoms with Gasteiger partial charge in [0.15, 0.2) is 0 Å². The van der Waals surface area contributed by atoms with Crippen LogP contribution in [0.25, 0.3) is 11.0 Å². The van der Waals surface area contributed by atoms with Crippen molar-refractivity contribution in [3.05, 3.63) is 24.5 Å². The highest BCUT2D eigenvalue weighted by Gasteiger charge is 2.24. The van der Waals surface area contributed by atoms with Crippen LogP contribution >= 0.6 is 0 Å². The van der Waals surface area contributed by atoms with Gasteiger partial charge in [0.1, 0.15) is 5.52 Å². The Morgan fingerprint density at radius 2 is 2.33 bits per heavy atom. The molecule has 0 bridgehead atoms. The van der Waals surface area contributed by atoms with Crippen molar-refractivity contribution < 1.29 is 4.74 Å². The molecule has 18 heavy (non-hydrogen) atoms. The van der Waals surface area contributed by atoms with Crippen LogP contribution < -0.4 is 4.90 Å². The summed E-state index contributed by atoms with van der Waals surface area (Å²) in [5.41, 5.74) is 3.37. The molecule has 1 aromatic carbocycles. The molecule has 4 heteroatoms. The molecule has 1 aromatic heterocycles. The summed E-state index contributed by atoms with van der Waals surface area (Å²) in [6.45, 7) is 7.11. The first kappa shape index (κ1) is 11.5. The van der Waals surface area contributed by atoms with Crippen molar-refractivity contribution in [2.75, 3.05) is 24.6 Å². The number of nitrogens with zero attached hydrogens (tertiary/aromatic N) is 2. The summed E-state index contributed by atoms with van der Waals surface area (Å²) in [5, 5.41) is 0. The summed E-state index contributed by atoms with van der Waals surface area (Å²) < 4.78 is 5.81. The lowest BCUT2D eigenvalue weighted by molar-refractivity contribution is 0.0115. The molecule has 1 fully saturated rings. The number of anilines is 1. The van der Waals surface area contributed by atoms with Crippen molar-refractivity contribution in [3.63, 3.8) is 0 Å². The number of imidazole rings is 1. The number of benzene rings is 1. The quantitative estimate of drug-likeness (QED) is 0.883. The predicted octanol–water partition coefficient (Wildman–Crippen LogP) is 2.42. The number of aromatic amines is 1. The van der Waals surface area contributed by atoms with Crippen LogP contribution in [0.3, 0.4) is 0 Å². The zero-order valence-corrected chi connectivity index (χ0v) is 10.9. The molecule has 3 rings (SSSR count). The smallest absolute Gasteiger partial charge is 0.112 e. The topological polar surface area (TPSA) is 41.2 Å². The van der Waals surface area contributed by atoms with Gasteiger partial charge in [0, 0.05) is 13.1 Å². The SMILES string of the molecule is CC(C)C1CN(c2cccc3[nH]cnc23)CCO1. The number of para-hydroxylation sites is 1. The highest BCUT2D eigenvalue weighted by molar-refractivity contribution is 5.88. The highest BCUT2D eigenvalue weighted by Crippen LogP contribution is 2.26. The van der Waals surface area contributed by atoms with Gasteiger partial charge in [-0.05, 0) is 18.1 Å². The number of hydrogen-bond acceptors (Lipinski definition) is 3. The maximum Gasteiger partial charge on any atom is 0.112 e. The van der Waals surface area contributed by atoms with Crippen molar-refractivity contribution in [2.45, 2.75) is 20.0 Å². The van der Waals surface area contributed by atoms with Gasteiger partial charge in [-0.1, -0.05) is 19.9 Å². The molecule has 0 saturated carbocycles. The number of morpholine rings is 1. The maximum atomic E-state index is 5.81. The third kappa shape index (κ3) is 1.97. The lowest BCUT2D eigenvalue weighted by Gasteiger charge is -2.36. The van der Waals surface area contributed by atoms with Crippen LogP contribution in [0.2, 0.25) is 0 Å². The third-order valence-electron chi connectivity index (χ3n) is 3.61. The number of nitrogens with one attached hydrogen (secondary N) is 1. The van der Waals surface area contributed by atoms with Gasteiger partial charge in [0.25, 0.3) is 0 Å². The second kappa shape index (κ2) is 4.61. The Morgan fingerprint density at radius 3 is 3.17 bits per heavy atom. The predicted molar refractivity (Wildman–Crippen MR) is 72.9 cm³/mol. The Hall–Kier alpha value is -1.55. The van der Waals surface area contributed by atoms with E-state index >= 15 is 0 Å². The summed E-state index contributed by atoms with van der Waals surface area (Å²) in [6.07, 6.45) is 2.07. The Morgan fingerprint density at radius 1 is 1.44 bits per heavy atom. The minimum absolute atomic E-state index is 0.313. The summed E-state index contributed by atoms with van der Waals surface area (Å²) in [4.78, 5) is 9.98. The van der Waals surface area contributed by atoms with E-state index in [0.29, 0.717) is 12.0 Å². The molecule has 4 nitrogen and oxygen atoms in total. The van der Waals surface area contributed by atoms with Gasteiger partial charge in [0.05, 0.1) is 30.2 Å². The largest absolute Gasteiger partial charge is 0.374 e. The van der Waals surface area contributed by atoms with E-state index in [4.69, 9.17) is 4.74 Å². The summed E-state index contributed by atoms with van der Waals surface area (Å²) in [5.74, 6) is 0.547. The zero-order valence-electron chi connectivity index (χ0n) is 10.9. The lowest BCUT2D eigenvalue weighted by Crippen LogP contribution is -2.44. The van der Waals surface area contributed by atoms with Crippen LogP contribution in [0.15, 0.2) is 24.5 Å². The Bertz CT molecular complexity index is 535. The monoisotopic (exact) mass is 245 g/mol. The van der Waals surface area contributed by atoms with E-state index in [1.54, 1.807) is 6.33 Å². The van der Waals surface area contributed by atoms with Gasteiger partial charge < -0.3 is 14.6 Å². The molecule has 96 valence electrons. The van der Waals surface area contributed by atoms with Gasteiger partial charge in [0.2, 0.25) is 0 Å². The fourth-order valence-corrected chi connectivity index (χ4v) is 2.50. The Balaban J connectivity index is 1.92. The number of hydrogen-bond donors (Lipinski definition) is 1. The lowest BCUT2D eigenvalue weighted by atomic mass is 10.1. The first-order valence-electron chi connectivity index (χ1n) is 6.54. The zero-order chi connectivity index (χ0) is 12.5.